The first kappa shape index (κ1) is 26.1. The fraction of sp³-hybridized carbons (Fsp3) is 0.192. The molecule has 9 heteroatoms. The van der Waals surface area contributed by atoms with Gasteiger partial charge in [-0.25, -0.2) is 4.79 Å². The fourth-order valence-corrected chi connectivity index (χ4v) is 3.65. The van der Waals surface area contributed by atoms with Crippen LogP contribution < -0.4 is 15.4 Å². The molecule has 35 heavy (non-hydrogen) atoms. The van der Waals surface area contributed by atoms with Crippen LogP contribution in [-0.4, -0.2) is 34.6 Å². The number of nitrogens with one attached hydrogen (secondary N) is 2. The van der Waals surface area contributed by atoms with Crippen molar-refractivity contribution in [2.45, 2.75) is 19.9 Å². The van der Waals surface area contributed by atoms with Gasteiger partial charge in [0, 0.05) is 39.1 Å². The Morgan fingerprint density at radius 3 is 2.31 bits per heavy atom. The Bertz CT molecular complexity index is 1180. The van der Waals surface area contributed by atoms with Gasteiger partial charge in [-0.15, -0.1) is 0 Å². The highest BCUT2D eigenvalue weighted by Gasteiger charge is 2.15. The highest BCUT2D eigenvalue weighted by molar-refractivity contribution is 6.35. The second-order valence-electron chi connectivity index (χ2n) is 8.07. The minimum atomic E-state index is -1.13. The topological polar surface area (TPSA) is 101 Å². The van der Waals surface area contributed by atoms with Gasteiger partial charge in [0.1, 0.15) is 12.4 Å². The molecule has 1 atom stereocenters. The molecule has 0 saturated heterocycles. The molecule has 1 amide bonds. The van der Waals surface area contributed by atoms with Crippen LogP contribution in [0.2, 0.25) is 10.0 Å². The van der Waals surface area contributed by atoms with Crippen molar-refractivity contribution in [3.63, 3.8) is 0 Å². The number of amides is 1. The lowest BCUT2D eigenvalue weighted by molar-refractivity contribution is -0.131. The summed E-state index contributed by atoms with van der Waals surface area (Å²) in [5, 5.41) is 15.5. The number of carboxylic acids is 1. The molecule has 182 valence electrons. The van der Waals surface area contributed by atoms with Crippen molar-refractivity contribution in [1.29, 1.82) is 0 Å². The lowest BCUT2D eigenvalue weighted by Crippen LogP contribution is -2.32. The molecule has 0 fully saturated rings. The first-order valence-corrected chi connectivity index (χ1v) is 11.6. The summed E-state index contributed by atoms with van der Waals surface area (Å²) in [6.07, 6.45) is 3.61. The molecule has 0 bridgehead atoms. The van der Waals surface area contributed by atoms with E-state index >= 15 is 0 Å². The van der Waals surface area contributed by atoms with Crippen LogP contribution in [0.25, 0.3) is 11.3 Å². The highest BCUT2D eigenvalue weighted by Crippen LogP contribution is 2.27. The van der Waals surface area contributed by atoms with Crippen LogP contribution in [0, 0.1) is 5.92 Å². The van der Waals surface area contributed by atoms with E-state index in [0.29, 0.717) is 28.0 Å². The Balaban J connectivity index is 1.58. The minimum absolute atomic E-state index is 0.000380. The molecule has 1 aromatic heterocycles. The number of hydrogen-bond acceptors (Lipinski definition) is 5. The van der Waals surface area contributed by atoms with Gasteiger partial charge in [-0.2, -0.15) is 0 Å². The molecule has 0 aliphatic carbocycles. The smallest absolute Gasteiger partial charge is 0.329 e. The number of aliphatic carboxylic acids is 1. The summed E-state index contributed by atoms with van der Waals surface area (Å²) in [5.41, 5.74) is 2.81. The first-order valence-electron chi connectivity index (χ1n) is 10.8. The average molecular weight is 514 g/mol. The van der Waals surface area contributed by atoms with E-state index in [9.17, 15) is 9.59 Å². The molecule has 0 spiro atoms. The van der Waals surface area contributed by atoms with Crippen LogP contribution in [0.3, 0.4) is 0 Å². The number of anilines is 1. The van der Waals surface area contributed by atoms with Gasteiger partial charge in [0.25, 0.3) is 5.91 Å². The van der Waals surface area contributed by atoms with Crippen molar-refractivity contribution in [1.82, 2.24) is 10.3 Å². The maximum atomic E-state index is 12.1. The number of aromatic nitrogens is 1. The second-order valence-corrected chi connectivity index (χ2v) is 8.94. The predicted octanol–water partition coefficient (Wildman–Crippen LogP) is 5.90. The largest absolute Gasteiger partial charge is 0.490 e. The van der Waals surface area contributed by atoms with Crippen LogP contribution in [0.5, 0.6) is 5.75 Å². The SMILES string of the molecule is CC(C)C(COc1ccc(-c2cc(Cl)cc(Cl)c2)nc1)Nc1ccc(C(=O)NC=CC(=O)O)cc1. The quantitative estimate of drug-likeness (QED) is 0.292. The van der Waals surface area contributed by atoms with E-state index in [4.69, 9.17) is 33.0 Å². The summed E-state index contributed by atoms with van der Waals surface area (Å²) in [6, 6.07) is 15.9. The van der Waals surface area contributed by atoms with Crippen molar-refractivity contribution in [3.05, 3.63) is 88.7 Å². The van der Waals surface area contributed by atoms with E-state index in [1.165, 1.54) is 0 Å². The molecule has 0 aliphatic rings. The average Bonchev–Trinajstić information content (AvgIpc) is 2.81. The standard InChI is InChI=1S/C26H25Cl2N3O4/c1-16(2)24(31-21-5-3-17(4-6-21)26(34)29-10-9-25(32)33)15-35-22-7-8-23(30-14-22)18-11-19(27)13-20(28)12-18/h3-14,16,24,31H,15H2,1-2H3,(H,29,34)(H,32,33). The van der Waals surface area contributed by atoms with Crippen molar-refractivity contribution in [2.24, 2.45) is 5.92 Å². The van der Waals surface area contributed by atoms with Crippen LogP contribution in [0.1, 0.15) is 24.2 Å². The summed E-state index contributed by atoms with van der Waals surface area (Å²) < 4.78 is 5.97. The van der Waals surface area contributed by atoms with E-state index in [-0.39, 0.29) is 12.0 Å². The minimum Gasteiger partial charge on any atom is -0.490 e. The van der Waals surface area contributed by atoms with E-state index < -0.39 is 11.9 Å². The normalized spacial score (nSPS) is 11.9. The number of carbonyl (C=O) groups is 2. The van der Waals surface area contributed by atoms with E-state index in [0.717, 1.165) is 29.2 Å². The van der Waals surface area contributed by atoms with Crippen LogP contribution in [0.15, 0.2) is 73.1 Å². The zero-order valence-electron chi connectivity index (χ0n) is 19.2. The van der Waals surface area contributed by atoms with Crippen molar-refractivity contribution in [3.8, 4) is 17.0 Å². The fourth-order valence-electron chi connectivity index (χ4n) is 3.13. The zero-order valence-corrected chi connectivity index (χ0v) is 20.7. The third-order valence-electron chi connectivity index (χ3n) is 5.07. The lowest BCUT2D eigenvalue weighted by atomic mass is 10.0. The third-order valence-corrected chi connectivity index (χ3v) is 5.50. The van der Waals surface area contributed by atoms with Gasteiger partial charge in [-0.05, 0) is 60.5 Å². The first-order chi connectivity index (χ1) is 16.7. The molecule has 0 radical (unpaired) electrons. The summed E-state index contributed by atoms with van der Waals surface area (Å²) in [6.45, 7) is 4.58. The van der Waals surface area contributed by atoms with Gasteiger partial charge in [0.05, 0.1) is 17.9 Å². The number of halogens is 2. The van der Waals surface area contributed by atoms with Crippen LogP contribution in [0.4, 0.5) is 5.69 Å². The number of carbonyl (C=O) groups excluding carboxylic acids is 1. The van der Waals surface area contributed by atoms with Crippen molar-refractivity contribution < 1.29 is 19.4 Å². The van der Waals surface area contributed by atoms with Gasteiger partial charge in [0.15, 0.2) is 0 Å². The second kappa shape index (κ2) is 12.2. The number of benzene rings is 2. The van der Waals surface area contributed by atoms with Gasteiger partial charge < -0.3 is 20.5 Å². The number of rotatable bonds is 10. The molecule has 0 aliphatic heterocycles. The zero-order chi connectivity index (χ0) is 25.4. The third kappa shape index (κ3) is 8.02. The van der Waals surface area contributed by atoms with Gasteiger partial charge >= 0.3 is 5.97 Å². The molecule has 7 nitrogen and oxygen atoms in total. The predicted molar refractivity (Wildman–Crippen MR) is 138 cm³/mol. The van der Waals surface area contributed by atoms with Gasteiger partial charge in [-0.3, -0.25) is 9.78 Å². The number of carboxylic acid groups (broad SMARTS) is 1. The number of pyridine rings is 1. The maximum absolute atomic E-state index is 12.1. The van der Waals surface area contributed by atoms with Crippen LogP contribution in [-0.2, 0) is 4.79 Å². The summed E-state index contributed by atoms with van der Waals surface area (Å²) in [7, 11) is 0. The molecule has 3 N–H and O–H groups in total. The van der Waals surface area contributed by atoms with E-state index in [2.05, 4.69) is 29.5 Å². The highest BCUT2D eigenvalue weighted by atomic mass is 35.5. The Morgan fingerprint density at radius 1 is 1.06 bits per heavy atom. The molecule has 2 aromatic carbocycles. The summed E-state index contributed by atoms with van der Waals surface area (Å²) in [5.74, 6) is -0.631. The number of ether oxygens (including phenoxy) is 1. The Morgan fingerprint density at radius 2 is 1.74 bits per heavy atom. The molecular formula is C26H25Cl2N3O4. The molecule has 3 rings (SSSR count). The van der Waals surface area contributed by atoms with Gasteiger partial charge in [-0.1, -0.05) is 37.0 Å². The van der Waals surface area contributed by atoms with E-state index in [1.807, 2.05) is 12.1 Å². The lowest BCUT2D eigenvalue weighted by Gasteiger charge is -2.24. The molecule has 1 unspecified atom stereocenters. The molecular weight excluding hydrogens is 489 g/mol. The number of nitrogens with zero attached hydrogens (tertiary/aromatic N) is 1. The molecule has 0 saturated carbocycles. The van der Waals surface area contributed by atoms with Crippen molar-refractivity contribution in [2.75, 3.05) is 11.9 Å². The Hall–Kier alpha value is -3.55. The van der Waals surface area contributed by atoms with Crippen LogP contribution >= 0.6 is 23.2 Å². The van der Waals surface area contributed by atoms with E-state index in [1.54, 1.807) is 48.7 Å². The Labute approximate surface area is 213 Å². The maximum Gasteiger partial charge on any atom is 0.329 e. The Kier molecular flexibility index (Phi) is 9.11. The monoisotopic (exact) mass is 513 g/mol. The summed E-state index contributed by atoms with van der Waals surface area (Å²) in [4.78, 5) is 27.0. The summed E-state index contributed by atoms with van der Waals surface area (Å²) >= 11 is 12.2. The van der Waals surface area contributed by atoms with Crippen molar-refractivity contribution >= 4 is 40.8 Å². The number of hydrogen-bond donors (Lipinski definition) is 3. The van der Waals surface area contributed by atoms with Gasteiger partial charge in [0.2, 0.25) is 0 Å². The molecule has 3 aromatic rings. The molecule has 1 heterocycles.